The smallest absolute Gasteiger partial charge is 0.313 e. The molecule has 2 rings (SSSR count). The number of nitrogens with zero attached hydrogens (tertiary/aromatic N) is 1. The minimum absolute atomic E-state index is 0.234. The summed E-state index contributed by atoms with van der Waals surface area (Å²) < 4.78 is 5.02. The first-order valence-electron chi connectivity index (χ1n) is 8.26. The van der Waals surface area contributed by atoms with E-state index in [0.717, 1.165) is 11.1 Å². The van der Waals surface area contributed by atoms with Gasteiger partial charge in [0.15, 0.2) is 0 Å². The second kappa shape index (κ2) is 7.95. The molecule has 1 aromatic rings. The fourth-order valence-electron chi connectivity index (χ4n) is 2.80. The molecule has 1 unspecified atom stereocenters. The molecule has 0 aromatic heterocycles. The highest BCUT2D eigenvalue weighted by molar-refractivity contribution is 6.39. The molecule has 0 spiro atoms. The molecule has 0 saturated carbocycles. The highest BCUT2D eigenvalue weighted by Gasteiger charge is 2.32. The molecule has 24 heavy (non-hydrogen) atoms. The molecular weight excluding hydrogens is 308 g/mol. The van der Waals surface area contributed by atoms with Crippen molar-refractivity contribution in [1.29, 1.82) is 0 Å². The summed E-state index contributed by atoms with van der Waals surface area (Å²) in [4.78, 5) is 37.9. The summed E-state index contributed by atoms with van der Waals surface area (Å²) in [7, 11) is 0. The van der Waals surface area contributed by atoms with Crippen molar-refractivity contribution in [1.82, 2.24) is 4.90 Å². The molecular formula is C18H24N2O4. The van der Waals surface area contributed by atoms with Crippen molar-refractivity contribution in [3.63, 3.8) is 0 Å². The quantitative estimate of drug-likeness (QED) is 0.679. The number of hydrogen-bond acceptors (Lipinski definition) is 4. The van der Waals surface area contributed by atoms with Gasteiger partial charge >= 0.3 is 17.8 Å². The third kappa shape index (κ3) is 4.34. The van der Waals surface area contributed by atoms with Gasteiger partial charge in [0.25, 0.3) is 0 Å². The van der Waals surface area contributed by atoms with Crippen molar-refractivity contribution in [3.8, 4) is 0 Å². The van der Waals surface area contributed by atoms with Crippen LogP contribution in [0.25, 0.3) is 0 Å². The van der Waals surface area contributed by atoms with Gasteiger partial charge in [-0.25, -0.2) is 0 Å². The van der Waals surface area contributed by atoms with E-state index in [2.05, 4.69) is 5.32 Å². The number of benzene rings is 1. The van der Waals surface area contributed by atoms with Crippen LogP contribution < -0.4 is 5.32 Å². The standard InChI is InChI=1S/C18H24N2O4/c1-4-24-18(23)14-6-5-9-20(11-14)17(22)16(21)19-15-10-12(2)7-8-13(15)3/h7-8,10,14H,4-6,9,11H2,1-3H3,(H,19,21). The van der Waals surface area contributed by atoms with Crippen LogP contribution in [0.3, 0.4) is 0 Å². The Kier molecular flexibility index (Phi) is 5.95. The molecule has 1 N–H and O–H groups in total. The topological polar surface area (TPSA) is 75.7 Å². The molecule has 1 saturated heterocycles. The Morgan fingerprint density at radius 3 is 2.75 bits per heavy atom. The van der Waals surface area contributed by atoms with E-state index in [1.54, 1.807) is 6.92 Å². The Bertz CT molecular complexity index is 642. The number of esters is 1. The lowest BCUT2D eigenvalue weighted by atomic mass is 9.98. The molecule has 6 nitrogen and oxygen atoms in total. The predicted molar refractivity (Wildman–Crippen MR) is 90.5 cm³/mol. The minimum Gasteiger partial charge on any atom is -0.466 e. The second-order valence-corrected chi connectivity index (χ2v) is 6.11. The van der Waals surface area contributed by atoms with Crippen LogP contribution in [0.1, 0.15) is 30.9 Å². The molecule has 0 aliphatic carbocycles. The van der Waals surface area contributed by atoms with Gasteiger partial charge in [-0.3, -0.25) is 14.4 Å². The van der Waals surface area contributed by atoms with E-state index < -0.39 is 11.8 Å². The molecule has 2 amide bonds. The van der Waals surface area contributed by atoms with Gasteiger partial charge in [-0.05, 0) is 50.8 Å². The predicted octanol–water partition coefficient (Wildman–Crippen LogP) is 2.04. The number of amides is 2. The molecule has 1 aliphatic rings. The van der Waals surface area contributed by atoms with Gasteiger partial charge in [0.2, 0.25) is 0 Å². The monoisotopic (exact) mass is 332 g/mol. The van der Waals surface area contributed by atoms with Crippen LogP contribution in [-0.2, 0) is 19.1 Å². The third-order valence-electron chi connectivity index (χ3n) is 4.16. The van der Waals surface area contributed by atoms with Crippen molar-refractivity contribution < 1.29 is 19.1 Å². The highest BCUT2D eigenvalue weighted by atomic mass is 16.5. The molecule has 0 radical (unpaired) electrons. The normalized spacial score (nSPS) is 17.3. The second-order valence-electron chi connectivity index (χ2n) is 6.11. The van der Waals surface area contributed by atoms with Gasteiger partial charge in [-0.15, -0.1) is 0 Å². The van der Waals surface area contributed by atoms with Gasteiger partial charge in [0.05, 0.1) is 12.5 Å². The van der Waals surface area contributed by atoms with Crippen LogP contribution in [0.2, 0.25) is 0 Å². The summed E-state index contributed by atoms with van der Waals surface area (Å²) in [6.07, 6.45) is 1.37. The number of hydrogen-bond donors (Lipinski definition) is 1. The maximum Gasteiger partial charge on any atom is 0.313 e. The molecule has 1 atom stereocenters. The molecule has 1 heterocycles. The SMILES string of the molecule is CCOC(=O)C1CCCN(C(=O)C(=O)Nc2cc(C)ccc2C)C1. The zero-order valence-electron chi connectivity index (χ0n) is 14.4. The Hall–Kier alpha value is -2.37. The van der Waals surface area contributed by atoms with Crippen LogP contribution in [0, 0.1) is 19.8 Å². The summed E-state index contributed by atoms with van der Waals surface area (Å²) in [6, 6.07) is 5.67. The van der Waals surface area contributed by atoms with Crippen LogP contribution >= 0.6 is 0 Å². The van der Waals surface area contributed by atoms with E-state index in [9.17, 15) is 14.4 Å². The van der Waals surface area contributed by atoms with Crippen molar-refractivity contribution in [2.45, 2.75) is 33.6 Å². The first-order chi connectivity index (χ1) is 11.4. The molecule has 1 fully saturated rings. The first-order valence-corrected chi connectivity index (χ1v) is 8.26. The van der Waals surface area contributed by atoms with Crippen LogP contribution in [0.4, 0.5) is 5.69 Å². The Balaban J connectivity index is 2.01. The lowest BCUT2D eigenvalue weighted by molar-refractivity contribution is -0.153. The van der Waals surface area contributed by atoms with Gasteiger partial charge < -0.3 is 15.0 Å². The number of ether oxygens (including phenoxy) is 1. The number of piperidine rings is 1. The average Bonchev–Trinajstić information content (AvgIpc) is 2.57. The Labute approximate surface area is 142 Å². The van der Waals surface area contributed by atoms with Crippen molar-refractivity contribution >= 4 is 23.5 Å². The van der Waals surface area contributed by atoms with E-state index in [1.165, 1.54) is 4.90 Å². The fraction of sp³-hybridized carbons (Fsp3) is 0.500. The molecule has 0 bridgehead atoms. The van der Waals surface area contributed by atoms with E-state index >= 15 is 0 Å². The van der Waals surface area contributed by atoms with Crippen LogP contribution in [0.5, 0.6) is 0 Å². The first kappa shape index (κ1) is 18.0. The number of likely N-dealkylation sites (tertiary alicyclic amines) is 1. The molecule has 130 valence electrons. The number of anilines is 1. The number of rotatable bonds is 3. The largest absolute Gasteiger partial charge is 0.466 e. The Morgan fingerprint density at radius 2 is 2.04 bits per heavy atom. The fourth-order valence-corrected chi connectivity index (χ4v) is 2.80. The number of carbonyl (C=O) groups is 3. The van der Waals surface area contributed by atoms with E-state index in [0.29, 0.717) is 31.7 Å². The average molecular weight is 332 g/mol. The number of carbonyl (C=O) groups excluding carboxylic acids is 3. The molecule has 6 heteroatoms. The Morgan fingerprint density at radius 1 is 1.29 bits per heavy atom. The maximum absolute atomic E-state index is 12.4. The van der Waals surface area contributed by atoms with E-state index in [4.69, 9.17) is 4.74 Å². The number of nitrogens with one attached hydrogen (secondary N) is 1. The van der Waals surface area contributed by atoms with Crippen molar-refractivity contribution in [2.75, 3.05) is 25.0 Å². The summed E-state index contributed by atoms with van der Waals surface area (Å²) in [6.45, 7) is 6.58. The van der Waals surface area contributed by atoms with E-state index in [-0.39, 0.29) is 18.4 Å². The van der Waals surface area contributed by atoms with Gasteiger partial charge in [-0.1, -0.05) is 12.1 Å². The third-order valence-corrected chi connectivity index (χ3v) is 4.16. The lowest BCUT2D eigenvalue weighted by Crippen LogP contribution is -2.47. The van der Waals surface area contributed by atoms with Crippen molar-refractivity contribution in [3.05, 3.63) is 29.3 Å². The summed E-state index contributed by atoms with van der Waals surface area (Å²) >= 11 is 0. The summed E-state index contributed by atoms with van der Waals surface area (Å²) in [5.74, 6) is -1.93. The lowest BCUT2D eigenvalue weighted by Gasteiger charge is -2.31. The van der Waals surface area contributed by atoms with Gasteiger partial charge in [-0.2, -0.15) is 0 Å². The zero-order chi connectivity index (χ0) is 17.7. The van der Waals surface area contributed by atoms with Crippen LogP contribution in [-0.4, -0.2) is 42.4 Å². The van der Waals surface area contributed by atoms with Gasteiger partial charge in [0.1, 0.15) is 0 Å². The van der Waals surface area contributed by atoms with Gasteiger partial charge in [0, 0.05) is 18.8 Å². The number of aryl methyl sites for hydroxylation is 2. The van der Waals surface area contributed by atoms with E-state index in [1.807, 2.05) is 32.0 Å². The maximum atomic E-state index is 12.4. The summed E-state index contributed by atoms with van der Waals surface area (Å²) in [5.41, 5.74) is 2.53. The van der Waals surface area contributed by atoms with Crippen LogP contribution in [0.15, 0.2) is 18.2 Å². The molecule has 1 aromatic carbocycles. The zero-order valence-corrected chi connectivity index (χ0v) is 14.4. The van der Waals surface area contributed by atoms with Crippen molar-refractivity contribution in [2.24, 2.45) is 5.92 Å². The highest BCUT2D eigenvalue weighted by Crippen LogP contribution is 2.20. The minimum atomic E-state index is -0.673. The molecule has 1 aliphatic heterocycles. The summed E-state index contributed by atoms with van der Waals surface area (Å²) in [5, 5.41) is 2.67.